The number of anilines is 2. The molecule has 9 rings (SSSR count). The molecule has 2 heterocycles. The van der Waals surface area contributed by atoms with Crippen molar-refractivity contribution in [1.29, 1.82) is 0 Å². The van der Waals surface area contributed by atoms with Crippen molar-refractivity contribution in [2.24, 2.45) is 23.7 Å². The summed E-state index contributed by atoms with van der Waals surface area (Å²) in [5.74, 6) is -6.05. The van der Waals surface area contributed by atoms with E-state index in [0.29, 0.717) is 44.3 Å². The van der Waals surface area contributed by atoms with Gasteiger partial charge in [0.1, 0.15) is 11.5 Å². The van der Waals surface area contributed by atoms with Gasteiger partial charge < -0.3 is 9.84 Å². The van der Waals surface area contributed by atoms with E-state index < -0.39 is 58.6 Å². The maximum atomic E-state index is 15.5. The van der Waals surface area contributed by atoms with Crippen LogP contribution < -0.4 is 15.1 Å². The van der Waals surface area contributed by atoms with E-state index in [4.69, 9.17) is 39.5 Å². The number of amides is 4. The smallest absolute Gasteiger partial charge is 0.260 e. The minimum absolute atomic E-state index is 0.0414. The predicted molar refractivity (Wildman–Crippen MR) is 223 cm³/mol. The number of benzene rings is 5. The molecule has 6 atom stereocenters. The largest absolute Gasteiger partial charge is 0.508 e. The number of ether oxygens (including phenoxy) is 1. The SMILES string of the molecule is COc1ccc([C@@]23C(=O)N(Nc4ccc(Cl)cc4Cl)C(=O)[C@@H]2C[C@@H]2C(=CC[C@@H]4C(=O)N(c5ccc(C(=O)c6ccccc6)cc5)C(=O)[C@@H]42)[C@@H]3c2ccc(O)cc2Cl)cc1. The Kier molecular flexibility index (Phi) is 9.62. The number of phenolic OH excluding ortho intramolecular Hbond substituents is 1. The molecular formula is C46H34Cl3N3O7. The molecule has 0 spiro atoms. The Bertz CT molecular complexity index is 2620. The summed E-state index contributed by atoms with van der Waals surface area (Å²) in [6.07, 6.45) is 2.14. The summed E-state index contributed by atoms with van der Waals surface area (Å²) in [6.45, 7) is 0. The van der Waals surface area contributed by atoms with Crippen molar-refractivity contribution in [3.63, 3.8) is 0 Å². The van der Waals surface area contributed by atoms with E-state index in [-0.39, 0.29) is 40.1 Å². The fraction of sp³-hybridized carbons (Fsp3) is 0.196. The van der Waals surface area contributed by atoms with E-state index in [1.54, 1.807) is 91.0 Å². The van der Waals surface area contributed by atoms with E-state index in [9.17, 15) is 19.5 Å². The fourth-order valence-electron chi connectivity index (χ4n) is 9.71. The number of hydrazine groups is 1. The molecule has 2 saturated heterocycles. The lowest BCUT2D eigenvalue weighted by Gasteiger charge is -2.50. The van der Waals surface area contributed by atoms with Crippen molar-refractivity contribution in [2.75, 3.05) is 17.4 Å². The first-order chi connectivity index (χ1) is 28.4. The van der Waals surface area contributed by atoms with E-state index in [0.717, 1.165) is 5.01 Å². The normalized spacial score (nSPS) is 24.7. The Morgan fingerprint density at radius 2 is 1.49 bits per heavy atom. The van der Waals surface area contributed by atoms with Crippen LogP contribution in [0.15, 0.2) is 127 Å². The third-order valence-electron chi connectivity index (χ3n) is 12.3. The molecule has 0 unspecified atom stereocenters. The number of halogens is 3. The molecule has 59 heavy (non-hydrogen) atoms. The van der Waals surface area contributed by atoms with Crippen molar-refractivity contribution >= 4 is 75.6 Å². The molecule has 0 bridgehead atoms. The zero-order valence-electron chi connectivity index (χ0n) is 31.3. The van der Waals surface area contributed by atoms with Gasteiger partial charge in [-0.2, -0.15) is 5.01 Å². The highest BCUT2D eigenvalue weighted by Gasteiger charge is 2.70. The second kappa shape index (κ2) is 14.7. The first kappa shape index (κ1) is 38.6. The number of ketones is 1. The molecule has 296 valence electrons. The van der Waals surface area contributed by atoms with Crippen LogP contribution in [0, 0.1) is 23.7 Å². The van der Waals surface area contributed by atoms with Gasteiger partial charge in [0.25, 0.3) is 11.8 Å². The Labute approximate surface area is 353 Å². The van der Waals surface area contributed by atoms with Crippen molar-refractivity contribution in [2.45, 2.75) is 24.2 Å². The third-order valence-corrected chi connectivity index (χ3v) is 13.2. The molecular weight excluding hydrogens is 813 g/mol. The van der Waals surface area contributed by atoms with E-state index >= 15 is 9.59 Å². The molecule has 5 aromatic carbocycles. The van der Waals surface area contributed by atoms with Crippen LogP contribution in [0.2, 0.25) is 15.1 Å². The highest BCUT2D eigenvalue weighted by atomic mass is 35.5. The highest BCUT2D eigenvalue weighted by molar-refractivity contribution is 6.36. The zero-order chi connectivity index (χ0) is 41.3. The topological polar surface area (TPSA) is 133 Å². The van der Waals surface area contributed by atoms with Gasteiger partial charge in [0.05, 0.1) is 46.7 Å². The van der Waals surface area contributed by atoms with Gasteiger partial charge in [0, 0.05) is 27.1 Å². The number of hydrogen-bond acceptors (Lipinski definition) is 8. The van der Waals surface area contributed by atoms with Crippen LogP contribution in [-0.4, -0.2) is 46.6 Å². The number of fused-ring (bicyclic) bond motifs is 4. The molecule has 2 N–H and O–H groups in total. The number of hydrogen-bond donors (Lipinski definition) is 2. The molecule has 1 saturated carbocycles. The lowest BCUT2D eigenvalue weighted by Crippen LogP contribution is -2.53. The molecule has 0 radical (unpaired) electrons. The van der Waals surface area contributed by atoms with Gasteiger partial charge >= 0.3 is 0 Å². The lowest BCUT2D eigenvalue weighted by molar-refractivity contribution is -0.138. The van der Waals surface area contributed by atoms with Gasteiger partial charge in [-0.15, -0.1) is 0 Å². The fourth-order valence-corrected chi connectivity index (χ4v) is 10.4. The van der Waals surface area contributed by atoms with E-state index in [1.807, 2.05) is 12.1 Å². The molecule has 0 aromatic heterocycles. The van der Waals surface area contributed by atoms with Gasteiger partial charge in [0.15, 0.2) is 5.78 Å². The molecule has 4 aliphatic rings. The third kappa shape index (κ3) is 6.03. The zero-order valence-corrected chi connectivity index (χ0v) is 33.5. The average Bonchev–Trinajstić information content (AvgIpc) is 3.62. The van der Waals surface area contributed by atoms with Gasteiger partial charge in [-0.1, -0.05) is 95.0 Å². The Morgan fingerprint density at radius 1 is 0.780 bits per heavy atom. The summed E-state index contributed by atoms with van der Waals surface area (Å²) in [5.41, 5.74) is 4.49. The second-order valence-electron chi connectivity index (χ2n) is 15.2. The molecule has 13 heteroatoms. The Balaban J connectivity index is 1.17. The van der Waals surface area contributed by atoms with Gasteiger partial charge in [-0.05, 0) is 96.6 Å². The Morgan fingerprint density at radius 3 is 2.17 bits per heavy atom. The van der Waals surface area contributed by atoms with E-state index in [1.165, 1.54) is 30.2 Å². The molecule has 4 amide bonds. The molecule has 10 nitrogen and oxygen atoms in total. The standard InChI is InChI=1S/C46H34Cl3N3O7/c1-59-30-15-9-26(10-16-30)46-35(43(56)52(45(46)58)50-38-20-11-27(47)21-37(38)49)23-34-31(40(46)32-17-14-29(53)22-36(32)48)18-19-33-39(34)44(57)51(42(33)55)28-12-7-25(8-13-28)41(54)24-5-3-2-4-6-24/h2-18,20-22,33-35,39-40,50,53H,19,23H2,1H3/t33-,34+,35-,39-,40+,46+/m0/s1. The number of carbonyl (C=O) groups is 5. The first-order valence-electron chi connectivity index (χ1n) is 18.9. The summed E-state index contributed by atoms with van der Waals surface area (Å²) in [7, 11) is 1.52. The lowest BCUT2D eigenvalue weighted by atomic mass is 9.49. The number of allylic oxidation sites excluding steroid dienone is 2. The van der Waals surface area contributed by atoms with Crippen LogP contribution in [0.4, 0.5) is 11.4 Å². The van der Waals surface area contributed by atoms with Crippen molar-refractivity contribution in [3.05, 3.63) is 164 Å². The summed E-state index contributed by atoms with van der Waals surface area (Å²) in [6, 6.07) is 31.2. The maximum Gasteiger partial charge on any atom is 0.260 e. The number of phenols is 1. The number of imide groups is 2. The summed E-state index contributed by atoms with van der Waals surface area (Å²) in [5, 5.41) is 12.2. The molecule has 2 aliphatic heterocycles. The minimum atomic E-state index is -1.63. The van der Waals surface area contributed by atoms with Gasteiger partial charge in [-0.25, -0.2) is 0 Å². The molecule has 2 aliphatic carbocycles. The summed E-state index contributed by atoms with van der Waals surface area (Å²) >= 11 is 19.7. The summed E-state index contributed by atoms with van der Waals surface area (Å²) < 4.78 is 5.47. The highest BCUT2D eigenvalue weighted by Crippen LogP contribution is 2.65. The average molecular weight is 847 g/mol. The Hall–Kier alpha value is -5.94. The predicted octanol–water partition coefficient (Wildman–Crippen LogP) is 8.78. The molecule has 5 aromatic rings. The van der Waals surface area contributed by atoms with Crippen LogP contribution in [-0.2, 0) is 24.6 Å². The van der Waals surface area contributed by atoms with Crippen LogP contribution in [0.3, 0.4) is 0 Å². The van der Waals surface area contributed by atoms with Crippen LogP contribution >= 0.6 is 34.8 Å². The van der Waals surface area contributed by atoms with Crippen LogP contribution in [0.1, 0.15) is 45.8 Å². The number of nitrogens with zero attached hydrogens (tertiary/aromatic N) is 2. The van der Waals surface area contributed by atoms with Crippen molar-refractivity contribution < 1.29 is 33.8 Å². The van der Waals surface area contributed by atoms with Crippen molar-refractivity contribution in [3.8, 4) is 11.5 Å². The minimum Gasteiger partial charge on any atom is -0.508 e. The van der Waals surface area contributed by atoms with Crippen molar-refractivity contribution in [1.82, 2.24) is 5.01 Å². The maximum absolute atomic E-state index is 15.5. The monoisotopic (exact) mass is 845 g/mol. The second-order valence-corrected chi connectivity index (χ2v) is 16.4. The number of nitrogens with one attached hydrogen (secondary N) is 1. The van der Waals surface area contributed by atoms with E-state index in [2.05, 4.69) is 5.43 Å². The van der Waals surface area contributed by atoms with Gasteiger partial charge in [0.2, 0.25) is 11.8 Å². The van der Waals surface area contributed by atoms with Crippen LogP contribution in [0.25, 0.3) is 0 Å². The van der Waals surface area contributed by atoms with Crippen LogP contribution in [0.5, 0.6) is 11.5 Å². The summed E-state index contributed by atoms with van der Waals surface area (Å²) in [4.78, 5) is 73.9. The molecule has 3 fully saturated rings. The quantitative estimate of drug-likeness (QED) is 0.0900. The van der Waals surface area contributed by atoms with Gasteiger partial charge in [-0.3, -0.25) is 34.3 Å². The number of aromatic hydroxyl groups is 1. The number of methoxy groups -OCH3 is 1. The number of carbonyl (C=O) groups excluding carboxylic acids is 5. The number of rotatable bonds is 8. The first-order valence-corrected chi connectivity index (χ1v) is 20.1.